The standard InChI is InChI=1S/C16H19N3O2/c17-15-9-13(12-3-1-2-4-14(12)19-15)16(20)18-7-8-21-10-11-5-6-11/h1-4,9,11H,5-8,10H2,(H2,17,19)(H,18,20). The van der Waals surface area contributed by atoms with E-state index >= 15 is 0 Å². The molecule has 5 nitrogen and oxygen atoms in total. The third-order valence-electron chi connectivity index (χ3n) is 3.56. The number of hydrogen-bond donors (Lipinski definition) is 2. The van der Waals surface area contributed by atoms with Crippen LogP contribution in [0.2, 0.25) is 0 Å². The van der Waals surface area contributed by atoms with Crippen molar-refractivity contribution in [2.45, 2.75) is 12.8 Å². The zero-order chi connectivity index (χ0) is 14.7. The van der Waals surface area contributed by atoms with Crippen LogP contribution in [0.5, 0.6) is 0 Å². The lowest BCUT2D eigenvalue weighted by Crippen LogP contribution is -2.27. The van der Waals surface area contributed by atoms with Crippen LogP contribution in [-0.2, 0) is 4.74 Å². The van der Waals surface area contributed by atoms with Crippen molar-refractivity contribution >= 4 is 22.6 Å². The average Bonchev–Trinajstić information content (AvgIpc) is 3.30. The molecule has 1 aromatic carbocycles. The summed E-state index contributed by atoms with van der Waals surface area (Å²) in [4.78, 5) is 16.5. The number of ether oxygens (including phenoxy) is 1. The molecule has 2 aromatic rings. The highest BCUT2D eigenvalue weighted by Crippen LogP contribution is 2.28. The van der Waals surface area contributed by atoms with E-state index in [4.69, 9.17) is 10.5 Å². The molecule has 0 saturated heterocycles. The third-order valence-corrected chi connectivity index (χ3v) is 3.56. The Morgan fingerprint density at radius 2 is 2.19 bits per heavy atom. The van der Waals surface area contributed by atoms with Gasteiger partial charge in [-0.15, -0.1) is 0 Å². The van der Waals surface area contributed by atoms with Crippen molar-refractivity contribution in [1.29, 1.82) is 0 Å². The Bertz CT molecular complexity index is 653. The number of nitrogen functional groups attached to an aromatic ring is 1. The molecule has 3 N–H and O–H groups in total. The van der Waals surface area contributed by atoms with Gasteiger partial charge in [-0.2, -0.15) is 0 Å². The number of amides is 1. The third kappa shape index (κ3) is 3.49. The summed E-state index contributed by atoms with van der Waals surface area (Å²) in [5.41, 5.74) is 7.05. The van der Waals surface area contributed by atoms with E-state index in [1.165, 1.54) is 12.8 Å². The molecular weight excluding hydrogens is 266 g/mol. The Morgan fingerprint density at radius 1 is 1.38 bits per heavy atom. The summed E-state index contributed by atoms with van der Waals surface area (Å²) in [5, 5.41) is 3.67. The van der Waals surface area contributed by atoms with Gasteiger partial charge in [0.25, 0.3) is 5.91 Å². The lowest BCUT2D eigenvalue weighted by molar-refractivity contribution is 0.0908. The highest BCUT2D eigenvalue weighted by molar-refractivity contribution is 6.06. The summed E-state index contributed by atoms with van der Waals surface area (Å²) < 4.78 is 5.50. The Balaban J connectivity index is 1.63. The van der Waals surface area contributed by atoms with E-state index < -0.39 is 0 Å². The van der Waals surface area contributed by atoms with Crippen LogP contribution in [0.15, 0.2) is 30.3 Å². The van der Waals surface area contributed by atoms with Crippen LogP contribution in [0.3, 0.4) is 0 Å². The number of nitrogens with zero attached hydrogens (tertiary/aromatic N) is 1. The van der Waals surface area contributed by atoms with Crippen LogP contribution < -0.4 is 11.1 Å². The van der Waals surface area contributed by atoms with Gasteiger partial charge in [0, 0.05) is 18.5 Å². The van der Waals surface area contributed by atoms with Crippen LogP contribution in [0, 0.1) is 5.92 Å². The molecule has 21 heavy (non-hydrogen) atoms. The molecule has 1 saturated carbocycles. The normalized spacial score (nSPS) is 14.3. The van der Waals surface area contributed by atoms with Crippen molar-refractivity contribution in [3.05, 3.63) is 35.9 Å². The second-order valence-corrected chi connectivity index (χ2v) is 5.39. The Morgan fingerprint density at radius 3 is 3.00 bits per heavy atom. The fourth-order valence-corrected chi connectivity index (χ4v) is 2.25. The second kappa shape index (κ2) is 6.10. The zero-order valence-corrected chi connectivity index (χ0v) is 11.8. The first-order valence-corrected chi connectivity index (χ1v) is 7.25. The number of rotatable bonds is 6. The van der Waals surface area contributed by atoms with Crippen molar-refractivity contribution in [3.8, 4) is 0 Å². The number of pyridine rings is 1. The van der Waals surface area contributed by atoms with Crippen LogP contribution in [-0.4, -0.2) is 30.6 Å². The molecule has 1 aromatic heterocycles. The number of aromatic nitrogens is 1. The highest BCUT2D eigenvalue weighted by Gasteiger charge is 2.21. The van der Waals surface area contributed by atoms with E-state index in [1.54, 1.807) is 6.07 Å². The van der Waals surface area contributed by atoms with Crippen molar-refractivity contribution in [3.63, 3.8) is 0 Å². The van der Waals surface area contributed by atoms with Gasteiger partial charge in [-0.1, -0.05) is 18.2 Å². The van der Waals surface area contributed by atoms with Crippen molar-refractivity contribution in [2.24, 2.45) is 5.92 Å². The number of carbonyl (C=O) groups excluding carboxylic acids is 1. The van der Waals surface area contributed by atoms with E-state index in [9.17, 15) is 4.79 Å². The number of para-hydroxylation sites is 1. The van der Waals surface area contributed by atoms with Gasteiger partial charge in [-0.05, 0) is 30.9 Å². The Hall–Kier alpha value is -2.14. The first-order valence-electron chi connectivity index (χ1n) is 7.25. The predicted molar refractivity (Wildman–Crippen MR) is 82.0 cm³/mol. The summed E-state index contributed by atoms with van der Waals surface area (Å²) in [5.74, 6) is 0.948. The minimum absolute atomic E-state index is 0.143. The van der Waals surface area contributed by atoms with E-state index in [2.05, 4.69) is 10.3 Å². The summed E-state index contributed by atoms with van der Waals surface area (Å²) in [7, 11) is 0. The van der Waals surface area contributed by atoms with E-state index in [0.29, 0.717) is 24.5 Å². The predicted octanol–water partition coefficient (Wildman–Crippen LogP) is 1.97. The van der Waals surface area contributed by atoms with Crippen molar-refractivity contribution < 1.29 is 9.53 Å². The molecule has 110 valence electrons. The van der Waals surface area contributed by atoms with Crippen molar-refractivity contribution in [2.75, 3.05) is 25.5 Å². The molecule has 3 rings (SSSR count). The van der Waals surface area contributed by atoms with Crippen LogP contribution in [0.25, 0.3) is 10.9 Å². The monoisotopic (exact) mass is 285 g/mol. The maximum Gasteiger partial charge on any atom is 0.252 e. The quantitative estimate of drug-likeness (QED) is 0.796. The topological polar surface area (TPSA) is 77.2 Å². The zero-order valence-electron chi connectivity index (χ0n) is 11.8. The number of benzene rings is 1. The van der Waals surface area contributed by atoms with Gasteiger partial charge in [-0.25, -0.2) is 4.98 Å². The molecule has 1 aliphatic carbocycles. The number of hydrogen-bond acceptors (Lipinski definition) is 4. The fraction of sp³-hybridized carbons (Fsp3) is 0.375. The van der Waals surface area contributed by atoms with E-state index in [0.717, 1.165) is 23.4 Å². The van der Waals surface area contributed by atoms with Gasteiger partial charge < -0.3 is 15.8 Å². The smallest absolute Gasteiger partial charge is 0.252 e. The molecule has 5 heteroatoms. The molecular formula is C16H19N3O2. The Labute approximate surface area is 123 Å². The maximum absolute atomic E-state index is 12.3. The van der Waals surface area contributed by atoms with Crippen molar-refractivity contribution in [1.82, 2.24) is 10.3 Å². The molecule has 1 heterocycles. The summed E-state index contributed by atoms with van der Waals surface area (Å²) in [6, 6.07) is 9.10. The van der Waals surface area contributed by atoms with Gasteiger partial charge in [-0.3, -0.25) is 4.79 Å². The minimum atomic E-state index is -0.143. The lowest BCUT2D eigenvalue weighted by atomic mass is 10.1. The van der Waals surface area contributed by atoms with Gasteiger partial charge in [0.1, 0.15) is 5.82 Å². The SMILES string of the molecule is Nc1cc(C(=O)NCCOCC2CC2)c2ccccc2n1. The molecule has 0 radical (unpaired) electrons. The van der Waals surface area contributed by atoms with Crippen LogP contribution in [0.4, 0.5) is 5.82 Å². The van der Waals surface area contributed by atoms with Crippen LogP contribution >= 0.6 is 0 Å². The summed E-state index contributed by atoms with van der Waals surface area (Å²) >= 11 is 0. The second-order valence-electron chi connectivity index (χ2n) is 5.39. The van der Waals surface area contributed by atoms with E-state index in [1.807, 2.05) is 24.3 Å². The molecule has 0 unspecified atom stereocenters. The first kappa shape index (κ1) is 13.8. The summed E-state index contributed by atoms with van der Waals surface area (Å²) in [6.07, 6.45) is 2.54. The van der Waals surface area contributed by atoms with Gasteiger partial charge in [0.05, 0.1) is 17.7 Å². The largest absolute Gasteiger partial charge is 0.384 e. The first-order chi connectivity index (χ1) is 10.2. The van der Waals surface area contributed by atoms with Gasteiger partial charge in [0.15, 0.2) is 0 Å². The van der Waals surface area contributed by atoms with Gasteiger partial charge >= 0.3 is 0 Å². The number of nitrogens with one attached hydrogen (secondary N) is 1. The maximum atomic E-state index is 12.3. The number of carbonyl (C=O) groups is 1. The molecule has 0 bridgehead atoms. The molecule has 1 amide bonds. The average molecular weight is 285 g/mol. The molecule has 0 spiro atoms. The fourth-order valence-electron chi connectivity index (χ4n) is 2.25. The number of anilines is 1. The number of nitrogens with two attached hydrogens (primary N) is 1. The molecule has 1 aliphatic rings. The minimum Gasteiger partial charge on any atom is -0.384 e. The highest BCUT2D eigenvalue weighted by atomic mass is 16.5. The van der Waals surface area contributed by atoms with E-state index in [-0.39, 0.29) is 5.91 Å². The Kier molecular flexibility index (Phi) is 4.01. The summed E-state index contributed by atoms with van der Waals surface area (Å²) in [6.45, 7) is 1.85. The molecule has 0 aliphatic heterocycles. The lowest BCUT2D eigenvalue weighted by Gasteiger charge is -2.09. The molecule has 0 atom stereocenters. The van der Waals surface area contributed by atoms with Crippen LogP contribution in [0.1, 0.15) is 23.2 Å². The number of fused-ring (bicyclic) bond motifs is 1. The molecule has 1 fully saturated rings. The van der Waals surface area contributed by atoms with Gasteiger partial charge in [0.2, 0.25) is 0 Å².